The fourth-order valence-electron chi connectivity index (χ4n) is 1.46. The summed E-state index contributed by atoms with van der Waals surface area (Å²) in [7, 11) is 1.78. The van der Waals surface area contributed by atoms with Crippen molar-refractivity contribution in [3.63, 3.8) is 0 Å². The largest absolute Gasteiger partial charge is 0.490 e. The first-order valence-corrected chi connectivity index (χ1v) is 8.46. The molecule has 0 saturated heterocycles. The Morgan fingerprint density at radius 2 is 2.22 bits per heavy atom. The van der Waals surface area contributed by atoms with Gasteiger partial charge in [0.05, 0.1) is 24.8 Å². The van der Waals surface area contributed by atoms with Crippen LogP contribution in [0.2, 0.25) is 0 Å². The van der Waals surface area contributed by atoms with Crippen molar-refractivity contribution < 1.29 is 13.2 Å². The Bertz CT molecular complexity index is 459. The molecule has 1 atom stereocenters. The average molecular weight is 295 g/mol. The molecule has 0 fully saturated rings. The highest BCUT2D eigenvalue weighted by Gasteiger charge is 2.10. The maximum Gasteiger partial charge on any atom is 0.232 e. The van der Waals surface area contributed by atoms with E-state index >= 15 is 0 Å². The molecule has 0 aromatic carbocycles. The molecule has 1 heterocycles. The molecule has 1 unspecified atom stereocenters. The van der Waals surface area contributed by atoms with Gasteiger partial charge in [0, 0.05) is 17.2 Å². The quantitative estimate of drug-likeness (QED) is 0.690. The van der Waals surface area contributed by atoms with Gasteiger partial charge in [-0.15, -0.1) is 0 Å². The first-order chi connectivity index (χ1) is 8.40. The molecule has 0 bridgehead atoms. The fourth-order valence-corrected chi connectivity index (χ4v) is 2.41. The zero-order chi connectivity index (χ0) is 13.6. The second-order valence-electron chi connectivity index (χ2n) is 4.31. The highest BCUT2D eigenvalue weighted by molar-refractivity contribution is 8.13. The van der Waals surface area contributed by atoms with Crippen molar-refractivity contribution in [3.8, 4) is 5.75 Å². The summed E-state index contributed by atoms with van der Waals surface area (Å²) in [6, 6.07) is 0. The monoisotopic (exact) mass is 294 g/mol. The van der Waals surface area contributed by atoms with Gasteiger partial charge in [0.1, 0.15) is 0 Å². The standard InChI is InChI=1S/C11H19ClN2O3S/c1-3-14-9-11(8-13-14)17-6-4-10(2)5-7-18(12,15)16/h8-10H,3-7H2,1-2H3. The predicted molar refractivity (Wildman–Crippen MR) is 71.4 cm³/mol. The molecular weight excluding hydrogens is 276 g/mol. The van der Waals surface area contributed by atoms with Crippen molar-refractivity contribution in [3.05, 3.63) is 12.4 Å². The first-order valence-electron chi connectivity index (χ1n) is 5.98. The summed E-state index contributed by atoms with van der Waals surface area (Å²) in [6.45, 7) is 5.36. The molecule has 0 saturated carbocycles. The van der Waals surface area contributed by atoms with E-state index in [1.165, 1.54) is 0 Å². The lowest BCUT2D eigenvalue weighted by Crippen LogP contribution is -2.08. The van der Waals surface area contributed by atoms with Gasteiger partial charge < -0.3 is 4.74 Å². The third kappa shape index (κ3) is 6.26. The van der Waals surface area contributed by atoms with Crippen molar-refractivity contribution >= 4 is 19.7 Å². The van der Waals surface area contributed by atoms with Crippen molar-refractivity contribution in [1.29, 1.82) is 0 Å². The third-order valence-corrected chi connectivity index (χ3v) is 3.85. The Morgan fingerprint density at radius 1 is 1.50 bits per heavy atom. The summed E-state index contributed by atoms with van der Waals surface area (Å²) in [5.74, 6) is 1.03. The maximum atomic E-state index is 10.8. The van der Waals surface area contributed by atoms with Gasteiger partial charge in [0.15, 0.2) is 5.75 Å². The zero-order valence-corrected chi connectivity index (χ0v) is 12.2. The van der Waals surface area contributed by atoms with Crippen LogP contribution in [0.5, 0.6) is 5.75 Å². The number of hydrogen-bond donors (Lipinski definition) is 0. The molecule has 0 aliphatic heterocycles. The van der Waals surface area contributed by atoms with Gasteiger partial charge in [0.25, 0.3) is 0 Å². The van der Waals surface area contributed by atoms with Crippen LogP contribution in [0.1, 0.15) is 26.7 Å². The predicted octanol–water partition coefficient (Wildman–Crippen LogP) is 2.27. The van der Waals surface area contributed by atoms with Crippen LogP contribution in [-0.4, -0.2) is 30.6 Å². The summed E-state index contributed by atoms with van der Waals surface area (Å²) < 4.78 is 28.9. The van der Waals surface area contributed by atoms with Crippen LogP contribution in [0, 0.1) is 5.92 Å². The smallest absolute Gasteiger partial charge is 0.232 e. The topological polar surface area (TPSA) is 61.2 Å². The molecule has 1 aromatic heterocycles. The van der Waals surface area contributed by atoms with Crippen LogP contribution in [0.3, 0.4) is 0 Å². The molecule has 0 aliphatic rings. The molecular formula is C11H19ClN2O3S. The number of rotatable bonds is 8. The van der Waals surface area contributed by atoms with Crippen LogP contribution in [-0.2, 0) is 15.6 Å². The molecule has 5 nitrogen and oxygen atoms in total. The molecule has 7 heteroatoms. The van der Waals surface area contributed by atoms with Crippen molar-refractivity contribution in [2.45, 2.75) is 33.2 Å². The van der Waals surface area contributed by atoms with E-state index in [9.17, 15) is 8.42 Å². The summed E-state index contributed by atoms with van der Waals surface area (Å²) >= 11 is 0. The number of aromatic nitrogens is 2. The van der Waals surface area contributed by atoms with Gasteiger partial charge in [-0.25, -0.2) is 8.42 Å². The van der Waals surface area contributed by atoms with E-state index in [2.05, 4.69) is 5.10 Å². The lowest BCUT2D eigenvalue weighted by Gasteiger charge is -2.10. The van der Waals surface area contributed by atoms with Crippen molar-refractivity contribution in [2.75, 3.05) is 12.4 Å². The van der Waals surface area contributed by atoms with Crippen molar-refractivity contribution in [1.82, 2.24) is 9.78 Å². The summed E-state index contributed by atoms with van der Waals surface area (Å²) in [4.78, 5) is 0. The van der Waals surface area contributed by atoms with E-state index in [4.69, 9.17) is 15.4 Å². The van der Waals surface area contributed by atoms with E-state index in [0.717, 1.165) is 18.7 Å². The summed E-state index contributed by atoms with van der Waals surface area (Å²) in [5, 5.41) is 4.10. The normalized spacial score (nSPS) is 13.5. The number of ether oxygens (including phenoxy) is 1. The van der Waals surface area contributed by atoms with Crippen LogP contribution in [0.25, 0.3) is 0 Å². The number of nitrogens with zero attached hydrogens (tertiary/aromatic N) is 2. The van der Waals surface area contributed by atoms with E-state index in [0.29, 0.717) is 13.0 Å². The Hall–Kier alpha value is -0.750. The van der Waals surface area contributed by atoms with E-state index in [1.54, 1.807) is 10.9 Å². The molecule has 18 heavy (non-hydrogen) atoms. The van der Waals surface area contributed by atoms with Gasteiger partial charge >= 0.3 is 0 Å². The molecule has 0 amide bonds. The first kappa shape index (κ1) is 15.3. The highest BCUT2D eigenvalue weighted by atomic mass is 35.7. The molecule has 1 rings (SSSR count). The van der Waals surface area contributed by atoms with Gasteiger partial charge in [-0.05, 0) is 25.7 Å². The molecule has 1 aromatic rings. The van der Waals surface area contributed by atoms with Crippen LogP contribution < -0.4 is 4.74 Å². The Morgan fingerprint density at radius 3 is 2.78 bits per heavy atom. The Balaban J connectivity index is 2.21. The minimum absolute atomic E-state index is 0.0174. The molecule has 0 radical (unpaired) electrons. The molecule has 0 spiro atoms. The van der Waals surface area contributed by atoms with Crippen molar-refractivity contribution in [2.24, 2.45) is 5.92 Å². The van der Waals surface area contributed by atoms with Crippen LogP contribution in [0.15, 0.2) is 12.4 Å². The Kier molecular flexibility index (Phi) is 5.95. The van der Waals surface area contributed by atoms with Crippen LogP contribution in [0.4, 0.5) is 0 Å². The summed E-state index contributed by atoms with van der Waals surface area (Å²) in [6.07, 6.45) is 4.87. The minimum atomic E-state index is -3.38. The highest BCUT2D eigenvalue weighted by Crippen LogP contribution is 2.13. The number of halogens is 1. The molecule has 0 aliphatic carbocycles. The third-order valence-electron chi connectivity index (χ3n) is 2.67. The second-order valence-corrected chi connectivity index (χ2v) is 7.20. The summed E-state index contributed by atoms with van der Waals surface area (Å²) in [5.41, 5.74) is 0. The number of aryl methyl sites for hydroxylation is 1. The maximum absolute atomic E-state index is 10.8. The second kappa shape index (κ2) is 6.99. The molecule has 104 valence electrons. The van der Waals surface area contributed by atoms with E-state index in [-0.39, 0.29) is 11.7 Å². The van der Waals surface area contributed by atoms with Gasteiger partial charge in [-0.3, -0.25) is 4.68 Å². The van der Waals surface area contributed by atoms with Crippen LogP contribution >= 0.6 is 10.7 Å². The van der Waals surface area contributed by atoms with E-state index < -0.39 is 9.05 Å². The van der Waals surface area contributed by atoms with E-state index in [1.807, 2.05) is 20.0 Å². The van der Waals surface area contributed by atoms with Gasteiger partial charge in [0.2, 0.25) is 9.05 Å². The lowest BCUT2D eigenvalue weighted by molar-refractivity contribution is 0.281. The number of hydrogen-bond acceptors (Lipinski definition) is 4. The average Bonchev–Trinajstić information content (AvgIpc) is 2.73. The zero-order valence-electron chi connectivity index (χ0n) is 10.7. The minimum Gasteiger partial charge on any atom is -0.490 e. The Labute approximate surface area is 113 Å². The van der Waals surface area contributed by atoms with Gasteiger partial charge in [-0.1, -0.05) is 6.92 Å². The lowest BCUT2D eigenvalue weighted by atomic mass is 10.1. The molecule has 0 N–H and O–H groups in total. The fraction of sp³-hybridized carbons (Fsp3) is 0.727. The van der Waals surface area contributed by atoms with Gasteiger partial charge in [-0.2, -0.15) is 5.10 Å². The SMILES string of the molecule is CCn1cc(OCCC(C)CCS(=O)(=O)Cl)cn1.